The van der Waals surface area contributed by atoms with Crippen LogP contribution < -0.4 is 5.73 Å². The lowest BCUT2D eigenvalue weighted by molar-refractivity contribution is 0.372. The minimum absolute atomic E-state index is 0.446. The number of benzene rings is 1. The van der Waals surface area contributed by atoms with Gasteiger partial charge in [0.2, 0.25) is 0 Å². The van der Waals surface area contributed by atoms with Gasteiger partial charge in [0.15, 0.2) is 5.82 Å². The van der Waals surface area contributed by atoms with Crippen LogP contribution in [0.2, 0.25) is 0 Å². The van der Waals surface area contributed by atoms with Gasteiger partial charge in [0.1, 0.15) is 5.69 Å². The van der Waals surface area contributed by atoms with Crippen LogP contribution in [0, 0.1) is 0 Å². The van der Waals surface area contributed by atoms with E-state index in [-0.39, 0.29) is 0 Å². The summed E-state index contributed by atoms with van der Waals surface area (Å²) in [4.78, 5) is 4.65. The third-order valence-electron chi connectivity index (χ3n) is 5.31. The molecule has 0 spiro atoms. The Balaban J connectivity index is 1.58. The van der Waals surface area contributed by atoms with E-state index < -0.39 is 5.54 Å². The van der Waals surface area contributed by atoms with Gasteiger partial charge in [-0.2, -0.15) is 10.1 Å². The summed E-state index contributed by atoms with van der Waals surface area (Å²) in [6.07, 6.45) is 6.47. The molecule has 25 heavy (non-hydrogen) atoms. The van der Waals surface area contributed by atoms with Crippen LogP contribution in [0.15, 0.2) is 40.9 Å². The molecule has 2 aliphatic carbocycles. The highest BCUT2D eigenvalue weighted by molar-refractivity contribution is 5.54. The number of rotatable bonds is 4. The van der Waals surface area contributed by atoms with Crippen molar-refractivity contribution in [3.05, 3.63) is 47.9 Å². The predicted molar refractivity (Wildman–Crippen MR) is 93.2 cm³/mol. The van der Waals surface area contributed by atoms with E-state index in [1.807, 2.05) is 35.0 Å². The Morgan fingerprint density at radius 2 is 1.88 bits per heavy atom. The van der Waals surface area contributed by atoms with E-state index in [2.05, 4.69) is 16.2 Å². The Hall–Kier alpha value is -2.47. The van der Waals surface area contributed by atoms with Crippen LogP contribution in [0.3, 0.4) is 0 Å². The van der Waals surface area contributed by atoms with Gasteiger partial charge >= 0.3 is 0 Å². The van der Waals surface area contributed by atoms with Crippen molar-refractivity contribution in [3.8, 4) is 17.3 Å². The second kappa shape index (κ2) is 5.52. The monoisotopic (exact) mass is 335 g/mol. The zero-order valence-electron chi connectivity index (χ0n) is 14.1. The minimum atomic E-state index is -0.446. The van der Waals surface area contributed by atoms with Gasteiger partial charge in [-0.1, -0.05) is 36.2 Å². The first kappa shape index (κ1) is 14.8. The molecule has 6 heteroatoms. The molecule has 0 atom stereocenters. The summed E-state index contributed by atoms with van der Waals surface area (Å²) < 4.78 is 7.51. The quantitative estimate of drug-likeness (QED) is 0.788. The number of nitrogens with zero attached hydrogens (tertiary/aromatic N) is 4. The fraction of sp³-hybridized carbons (Fsp3) is 0.421. The maximum Gasteiger partial charge on any atom is 0.276 e. The van der Waals surface area contributed by atoms with Crippen molar-refractivity contribution >= 4 is 0 Å². The summed E-state index contributed by atoms with van der Waals surface area (Å²) in [6, 6.07) is 12.2. The zero-order valence-corrected chi connectivity index (χ0v) is 14.1. The van der Waals surface area contributed by atoms with Gasteiger partial charge in [0, 0.05) is 5.92 Å². The lowest BCUT2D eigenvalue weighted by Crippen LogP contribution is -2.34. The summed E-state index contributed by atoms with van der Waals surface area (Å²) in [5.41, 5.74) is 8.96. The Morgan fingerprint density at radius 1 is 1.12 bits per heavy atom. The fourth-order valence-corrected chi connectivity index (χ4v) is 3.66. The number of aromatic nitrogens is 4. The molecule has 0 bridgehead atoms. The molecule has 0 aliphatic heterocycles. The van der Waals surface area contributed by atoms with Crippen LogP contribution in [0.25, 0.3) is 17.3 Å². The van der Waals surface area contributed by atoms with Gasteiger partial charge in [-0.3, -0.25) is 0 Å². The van der Waals surface area contributed by atoms with E-state index in [1.54, 1.807) is 0 Å². The molecule has 2 saturated carbocycles. The summed E-state index contributed by atoms with van der Waals surface area (Å²) >= 11 is 0. The largest absolute Gasteiger partial charge is 0.332 e. The number of nitrogens with two attached hydrogens (primary N) is 1. The molecule has 0 radical (unpaired) electrons. The fourth-order valence-electron chi connectivity index (χ4n) is 3.66. The lowest BCUT2D eigenvalue weighted by atomic mass is 9.99. The first-order chi connectivity index (χ1) is 12.2. The molecule has 6 nitrogen and oxygen atoms in total. The first-order valence-electron chi connectivity index (χ1n) is 9.02. The Bertz CT molecular complexity index is 888. The second-order valence-electron chi connectivity index (χ2n) is 7.26. The van der Waals surface area contributed by atoms with Gasteiger partial charge in [-0.25, -0.2) is 4.68 Å². The molecule has 2 aromatic heterocycles. The molecular formula is C19H21N5O. The highest BCUT2D eigenvalue weighted by Crippen LogP contribution is 2.41. The Kier molecular flexibility index (Phi) is 3.28. The van der Waals surface area contributed by atoms with Gasteiger partial charge in [-0.05, 0) is 43.9 Å². The van der Waals surface area contributed by atoms with E-state index in [1.165, 1.54) is 12.8 Å². The van der Waals surface area contributed by atoms with E-state index in [0.717, 1.165) is 42.8 Å². The van der Waals surface area contributed by atoms with E-state index in [0.29, 0.717) is 17.6 Å². The Labute approximate surface area is 146 Å². The summed E-state index contributed by atoms with van der Waals surface area (Å²) in [6.45, 7) is 0. The SMILES string of the molecule is NC1(c2noc(-c3cc(C4CC4)nn3-c3ccccc3)n2)CCCC1. The van der Waals surface area contributed by atoms with Gasteiger partial charge in [0.25, 0.3) is 5.89 Å². The topological polar surface area (TPSA) is 82.8 Å². The van der Waals surface area contributed by atoms with Crippen molar-refractivity contribution in [2.45, 2.75) is 50.0 Å². The second-order valence-corrected chi connectivity index (χ2v) is 7.26. The van der Waals surface area contributed by atoms with Gasteiger partial charge in [-0.15, -0.1) is 0 Å². The van der Waals surface area contributed by atoms with Crippen LogP contribution in [0.1, 0.15) is 56.0 Å². The van der Waals surface area contributed by atoms with E-state index in [9.17, 15) is 0 Å². The number of para-hydroxylation sites is 1. The van der Waals surface area contributed by atoms with Crippen LogP contribution >= 0.6 is 0 Å². The molecule has 2 heterocycles. The molecule has 5 rings (SSSR count). The highest BCUT2D eigenvalue weighted by atomic mass is 16.5. The molecule has 2 fully saturated rings. The van der Waals surface area contributed by atoms with Crippen molar-refractivity contribution in [1.82, 2.24) is 19.9 Å². The predicted octanol–water partition coefficient (Wildman–Crippen LogP) is 3.53. The third-order valence-corrected chi connectivity index (χ3v) is 5.31. The standard InChI is InChI=1S/C19H21N5O/c20-19(10-4-5-11-19)18-21-17(25-23-18)16-12-15(13-8-9-13)22-24(16)14-6-2-1-3-7-14/h1-3,6-7,12-13H,4-5,8-11,20H2. The van der Waals surface area contributed by atoms with Crippen molar-refractivity contribution in [1.29, 1.82) is 0 Å². The van der Waals surface area contributed by atoms with Crippen molar-refractivity contribution in [2.75, 3.05) is 0 Å². The number of hydrogen-bond acceptors (Lipinski definition) is 5. The first-order valence-corrected chi connectivity index (χ1v) is 9.02. The highest BCUT2D eigenvalue weighted by Gasteiger charge is 2.37. The molecular weight excluding hydrogens is 314 g/mol. The smallest absolute Gasteiger partial charge is 0.276 e. The lowest BCUT2D eigenvalue weighted by Gasteiger charge is -2.17. The molecule has 3 aromatic rings. The summed E-state index contributed by atoms with van der Waals surface area (Å²) in [5, 5.41) is 9.00. The molecule has 1 aromatic carbocycles. The average Bonchev–Trinajstić information content (AvgIpc) is 3.04. The van der Waals surface area contributed by atoms with Crippen molar-refractivity contribution < 1.29 is 4.52 Å². The van der Waals surface area contributed by atoms with Crippen LogP contribution in [-0.4, -0.2) is 19.9 Å². The van der Waals surface area contributed by atoms with E-state index >= 15 is 0 Å². The molecule has 2 aliphatic rings. The number of hydrogen-bond donors (Lipinski definition) is 1. The molecule has 128 valence electrons. The molecule has 0 amide bonds. The van der Waals surface area contributed by atoms with Gasteiger partial charge < -0.3 is 10.3 Å². The molecule has 0 saturated heterocycles. The molecule has 2 N–H and O–H groups in total. The van der Waals surface area contributed by atoms with Gasteiger partial charge in [0.05, 0.1) is 16.9 Å². The van der Waals surface area contributed by atoms with Crippen LogP contribution in [0.4, 0.5) is 0 Å². The molecule has 0 unspecified atom stereocenters. The summed E-state index contributed by atoms with van der Waals surface area (Å²) in [5.74, 6) is 1.67. The normalized spacial score (nSPS) is 19.4. The maximum absolute atomic E-state index is 6.48. The third kappa shape index (κ3) is 2.57. The zero-order chi connectivity index (χ0) is 16.9. The van der Waals surface area contributed by atoms with Crippen LogP contribution in [-0.2, 0) is 5.54 Å². The van der Waals surface area contributed by atoms with Crippen LogP contribution in [0.5, 0.6) is 0 Å². The van der Waals surface area contributed by atoms with Crippen molar-refractivity contribution in [2.24, 2.45) is 5.73 Å². The van der Waals surface area contributed by atoms with E-state index in [4.69, 9.17) is 15.4 Å². The summed E-state index contributed by atoms with van der Waals surface area (Å²) in [7, 11) is 0. The minimum Gasteiger partial charge on any atom is -0.332 e. The maximum atomic E-state index is 6.48. The van der Waals surface area contributed by atoms with Crippen molar-refractivity contribution in [3.63, 3.8) is 0 Å². The average molecular weight is 335 g/mol. The Morgan fingerprint density at radius 3 is 2.60 bits per heavy atom.